The summed E-state index contributed by atoms with van der Waals surface area (Å²) in [4.78, 5) is 0. The lowest BCUT2D eigenvalue weighted by atomic mass is 9.76. The van der Waals surface area contributed by atoms with E-state index in [2.05, 4.69) is 37.3 Å². The Balaban J connectivity index is 1.83. The summed E-state index contributed by atoms with van der Waals surface area (Å²) >= 11 is 0. The molecule has 1 atom stereocenters. The highest BCUT2D eigenvalue weighted by atomic mass is 14.6. The molecule has 1 aliphatic carbocycles. The van der Waals surface area contributed by atoms with Crippen LogP contribution in [0.3, 0.4) is 0 Å². The Labute approximate surface area is 105 Å². The topological polar surface area (TPSA) is 26.0 Å². The third-order valence-corrected chi connectivity index (χ3v) is 4.39. The molecule has 1 heteroatoms. The van der Waals surface area contributed by atoms with Gasteiger partial charge in [0.15, 0.2) is 0 Å². The van der Waals surface area contributed by atoms with E-state index in [1.54, 1.807) is 0 Å². The van der Waals surface area contributed by atoms with E-state index in [1.165, 1.54) is 37.7 Å². The molecule has 0 spiro atoms. The van der Waals surface area contributed by atoms with E-state index >= 15 is 0 Å². The van der Waals surface area contributed by atoms with E-state index in [9.17, 15) is 0 Å². The van der Waals surface area contributed by atoms with Crippen LogP contribution in [0.4, 0.5) is 0 Å². The van der Waals surface area contributed by atoms with Crippen LogP contribution in [0, 0.1) is 11.8 Å². The van der Waals surface area contributed by atoms with Crippen LogP contribution in [0.2, 0.25) is 0 Å². The van der Waals surface area contributed by atoms with E-state index in [0.29, 0.717) is 6.04 Å². The predicted molar refractivity (Wildman–Crippen MR) is 73.9 cm³/mol. The third kappa shape index (κ3) is 3.57. The Morgan fingerprint density at radius 2 is 1.76 bits per heavy atom. The summed E-state index contributed by atoms with van der Waals surface area (Å²) in [5.74, 6) is 1.72. The first-order valence-corrected chi connectivity index (χ1v) is 7.09. The minimum Gasteiger partial charge on any atom is -0.327 e. The van der Waals surface area contributed by atoms with Gasteiger partial charge in [0.25, 0.3) is 0 Å². The summed E-state index contributed by atoms with van der Waals surface area (Å²) in [6, 6.07) is 11.0. The van der Waals surface area contributed by atoms with Crippen molar-refractivity contribution in [3.05, 3.63) is 35.9 Å². The molecule has 1 fully saturated rings. The van der Waals surface area contributed by atoms with Gasteiger partial charge in [-0.2, -0.15) is 0 Å². The monoisotopic (exact) mass is 231 g/mol. The van der Waals surface area contributed by atoms with Crippen molar-refractivity contribution in [3.63, 3.8) is 0 Å². The van der Waals surface area contributed by atoms with Gasteiger partial charge in [0, 0.05) is 6.04 Å². The zero-order valence-corrected chi connectivity index (χ0v) is 10.9. The average molecular weight is 231 g/mol. The standard InChI is InChI=1S/C16H25N/c1-2-13-8-10-15(11-9-13)16(17)12-14-6-4-3-5-7-14/h3-7,13,15-16H,2,8-12,17H2,1H3. The van der Waals surface area contributed by atoms with E-state index in [1.807, 2.05) is 0 Å². The Morgan fingerprint density at radius 1 is 1.12 bits per heavy atom. The molecule has 0 amide bonds. The average Bonchev–Trinajstić information content (AvgIpc) is 2.40. The summed E-state index contributed by atoms with van der Waals surface area (Å²) in [5.41, 5.74) is 7.75. The Bertz CT molecular complexity index is 312. The molecule has 2 N–H and O–H groups in total. The van der Waals surface area contributed by atoms with Crippen molar-refractivity contribution in [2.24, 2.45) is 17.6 Å². The van der Waals surface area contributed by atoms with Crippen molar-refractivity contribution in [3.8, 4) is 0 Å². The van der Waals surface area contributed by atoms with Crippen molar-refractivity contribution < 1.29 is 0 Å². The number of hydrogen-bond acceptors (Lipinski definition) is 1. The third-order valence-electron chi connectivity index (χ3n) is 4.39. The van der Waals surface area contributed by atoms with Gasteiger partial charge in [-0.25, -0.2) is 0 Å². The molecule has 94 valence electrons. The van der Waals surface area contributed by atoms with Gasteiger partial charge in [-0.1, -0.05) is 56.5 Å². The first-order chi connectivity index (χ1) is 8.29. The molecule has 2 rings (SSSR count). The lowest BCUT2D eigenvalue weighted by molar-refractivity contribution is 0.238. The van der Waals surface area contributed by atoms with Crippen LogP contribution in [0.5, 0.6) is 0 Å². The molecule has 1 saturated carbocycles. The van der Waals surface area contributed by atoms with Crippen LogP contribution in [0.25, 0.3) is 0 Å². The number of benzene rings is 1. The molecule has 0 heterocycles. The quantitative estimate of drug-likeness (QED) is 0.838. The molecule has 1 aromatic rings. The largest absolute Gasteiger partial charge is 0.327 e. The predicted octanol–water partition coefficient (Wildman–Crippen LogP) is 3.77. The van der Waals surface area contributed by atoms with Gasteiger partial charge in [0.2, 0.25) is 0 Å². The highest BCUT2D eigenvalue weighted by molar-refractivity contribution is 5.16. The molecule has 1 aliphatic rings. The van der Waals surface area contributed by atoms with Gasteiger partial charge in [0.1, 0.15) is 0 Å². The second-order valence-corrected chi connectivity index (χ2v) is 5.54. The SMILES string of the molecule is CCC1CCC(C(N)Cc2ccccc2)CC1. The van der Waals surface area contributed by atoms with Crippen molar-refractivity contribution in [2.75, 3.05) is 0 Å². The number of nitrogens with two attached hydrogens (primary N) is 1. The molecule has 17 heavy (non-hydrogen) atoms. The molecule has 0 bridgehead atoms. The summed E-state index contributed by atoms with van der Waals surface area (Å²) in [5, 5.41) is 0. The highest BCUT2D eigenvalue weighted by Gasteiger charge is 2.24. The van der Waals surface area contributed by atoms with Gasteiger partial charge >= 0.3 is 0 Å². The minimum atomic E-state index is 0.357. The van der Waals surface area contributed by atoms with E-state index in [-0.39, 0.29) is 0 Å². The second kappa shape index (κ2) is 6.20. The fourth-order valence-corrected chi connectivity index (χ4v) is 3.08. The van der Waals surface area contributed by atoms with E-state index in [4.69, 9.17) is 5.73 Å². The maximum atomic E-state index is 6.37. The molecule has 0 aliphatic heterocycles. The van der Waals surface area contributed by atoms with Gasteiger partial charge in [-0.05, 0) is 36.7 Å². The van der Waals surface area contributed by atoms with Gasteiger partial charge in [-0.15, -0.1) is 0 Å². The highest BCUT2D eigenvalue weighted by Crippen LogP contribution is 2.32. The summed E-state index contributed by atoms with van der Waals surface area (Å²) < 4.78 is 0. The van der Waals surface area contributed by atoms with E-state index in [0.717, 1.165) is 18.3 Å². The van der Waals surface area contributed by atoms with Gasteiger partial charge in [0.05, 0.1) is 0 Å². The Morgan fingerprint density at radius 3 is 2.35 bits per heavy atom. The van der Waals surface area contributed by atoms with E-state index < -0.39 is 0 Å². The molecule has 0 saturated heterocycles. The maximum absolute atomic E-state index is 6.37. The van der Waals surface area contributed by atoms with Crippen LogP contribution in [-0.4, -0.2) is 6.04 Å². The lowest BCUT2D eigenvalue weighted by Crippen LogP contribution is -2.34. The summed E-state index contributed by atoms with van der Waals surface area (Å²) in [6.07, 6.45) is 7.86. The second-order valence-electron chi connectivity index (χ2n) is 5.54. The summed E-state index contributed by atoms with van der Waals surface area (Å²) in [6.45, 7) is 2.31. The van der Waals surface area contributed by atoms with Crippen molar-refractivity contribution in [1.82, 2.24) is 0 Å². The van der Waals surface area contributed by atoms with Crippen molar-refractivity contribution >= 4 is 0 Å². The summed E-state index contributed by atoms with van der Waals surface area (Å²) in [7, 11) is 0. The molecule has 0 aromatic heterocycles. The van der Waals surface area contributed by atoms with Crippen LogP contribution >= 0.6 is 0 Å². The molecule has 1 nitrogen and oxygen atoms in total. The smallest absolute Gasteiger partial charge is 0.0108 e. The Kier molecular flexibility index (Phi) is 4.61. The molecule has 1 unspecified atom stereocenters. The normalized spacial score (nSPS) is 26.7. The number of rotatable bonds is 4. The minimum absolute atomic E-state index is 0.357. The zero-order chi connectivity index (χ0) is 12.1. The lowest BCUT2D eigenvalue weighted by Gasteiger charge is -2.31. The van der Waals surface area contributed by atoms with Crippen molar-refractivity contribution in [2.45, 2.75) is 51.5 Å². The fraction of sp³-hybridized carbons (Fsp3) is 0.625. The number of hydrogen-bond donors (Lipinski definition) is 1. The Hall–Kier alpha value is -0.820. The fourth-order valence-electron chi connectivity index (χ4n) is 3.08. The van der Waals surface area contributed by atoms with Crippen molar-refractivity contribution in [1.29, 1.82) is 0 Å². The first kappa shape index (κ1) is 12.6. The van der Waals surface area contributed by atoms with Crippen LogP contribution < -0.4 is 5.73 Å². The van der Waals surface area contributed by atoms with Gasteiger partial charge in [-0.3, -0.25) is 0 Å². The van der Waals surface area contributed by atoms with Gasteiger partial charge < -0.3 is 5.73 Å². The maximum Gasteiger partial charge on any atom is 0.0108 e. The zero-order valence-electron chi connectivity index (χ0n) is 10.9. The molecule has 0 radical (unpaired) electrons. The van der Waals surface area contributed by atoms with Crippen LogP contribution in [-0.2, 0) is 6.42 Å². The van der Waals surface area contributed by atoms with Crippen LogP contribution in [0.15, 0.2) is 30.3 Å². The molecule has 1 aromatic carbocycles. The molecular weight excluding hydrogens is 206 g/mol. The first-order valence-electron chi connectivity index (χ1n) is 7.09. The van der Waals surface area contributed by atoms with Crippen LogP contribution in [0.1, 0.15) is 44.6 Å². The molecular formula is C16H25N.